The quantitative estimate of drug-likeness (QED) is 0.393. The second-order valence-electron chi connectivity index (χ2n) is 8.45. The van der Waals surface area contributed by atoms with Gasteiger partial charge in [-0.1, -0.05) is 42.5 Å². The van der Waals surface area contributed by atoms with Crippen LogP contribution >= 0.6 is 0 Å². The summed E-state index contributed by atoms with van der Waals surface area (Å²) < 4.78 is 48.6. The Hall–Kier alpha value is -4.18. The molecule has 0 unspecified atom stereocenters. The second kappa shape index (κ2) is 9.12. The molecule has 1 saturated carbocycles. The first-order chi connectivity index (χ1) is 17.3. The lowest BCUT2D eigenvalue weighted by Crippen LogP contribution is -2.46. The first-order valence-electron chi connectivity index (χ1n) is 11.2. The van der Waals surface area contributed by atoms with Crippen LogP contribution in [0.3, 0.4) is 0 Å². The van der Waals surface area contributed by atoms with Gasteiger partial charge in [-0.3, -0.25) is 0 Å². The molecule has 2 atom stereocenters. The number of methoxy groups -OCH3 is 1. The molecule has 0 radical (unpaired) electrons. The summed E-state index contributed by atoms with van der Waals surface area (Å²) in [5.41, 5.74) is 0.779. The van der Waals surface area contributed by atoms with Crippen LogP contribution in [0.5, 0.6) is 5.75 Å². The maximum Gasteiger partial charge on any atom is 0.329 e. The lowest BCUT2D eigenvalue weighted by Gasteiger charge is -2.21. The third-order valence-corrected chi connectivity index (χ3v) is 7.61. The van der Waals surface area contributed by atoms with Crippen LogP contribution in [0.4, 0.5) is 9.18 Å². The Morgan fingerprint density at radius 1 is 1.06 bits per heavy atom. The van der Waals surface area contributed by atoms with Crippen molar-refractivity contribution in [2.45, 2.75) is 22.8 Å². The zero-order valence-electron chi connectivity index (χ0n) is 19.3. The second-order valence-corrected chi connectivity index (χ2v) is 10.1. The number of hydrogen-bond acceptors (Lipinski definition) is 5. The molecule has 0 spiro atoms. The Morgan fingerprint density at radius 3 is 2.44 bits per heavy atom. The molecule has 184 valence electrons. The van der Waals surface area contributed by atoms with Crippen molar-refractivity contribution in [1.82, 2.24) is 19.6 Å². The van der Waals surface area contributed by atoms with Crippen molar-refractivity contribution >= 4 is 16.1 Å². The Labute approximate surface area is 207 Å². The Morgan fingerprint density at radius 2 is 1.75 bits per heavy atom. The van der Waals surface area contributed by atoms with E-state index in [1.54, 1.807) is 19.5 Å². The van der Waals surface area contributed by atoms with Gasteiger partial charge in [0.25, 0.3) is 10.0 Å². The van der Waals surface area contributed by atoms with E-state index in [2.05, 4.69) is 10.3 Å². The van der Waals surface area contributed by atoms with Gasteiger partial charge in [0.15, 0.2) is 0 Å². The maximum absolute atomic E-state index is 14.1. The van der Waals surface area contributed by atoms with Gasteiger partial charge in [0.2, 0.25) is 0 Å². The van der Waals surface area contributed by atoms with Gasteiger partial charge >= 0.3 is 6.03 Å². The largest absolute Gasteiger partial charge is 0.497 e. The average Bonchev–Trinajstić information content (AvgIpc) is 3.37. The third-order valence-electron chi connectivity index (χ3n) is 6.24. The summed E-state index contributed by atoms with van der Waals surface area (Å²) in [5.74, 6) is 0.135. The van der Waals surface area contributed by atoms with E-state index in [0.29, 0.717) is 18.0 Å². The summed E-state index contributed by atoms with van der Waals surface area (Å²) in [4.78, 5) is 17.0. The number of ether oxygens (including phenoxy) is 1. The van der Waals surface area contributed by atoms with E-state index in [9.17, 15) is 17.6 Å². The van der Waals surface area contributed by atoms with Gasteiger partial charge in [0.1, 0.15) is 27.8 Å². The first kappa shape index (κ1) is 23.6. The topological polar surface area (TPSA) is 102 Å². The monoisotopic (exact) mass is 506 g/mol. The Bertz CT molecular complexity index is 1510. The molecule has 1 fully saturated rings. The minimum Gasteiger partial charge on any atom is -0.497 e. The fourth-order valence-corrected chi connectivity index (χ4v) is 5.43. The van der Waals surface area contributed by atoms with Crippen LogP contribution in [-0.2, 0) is 15.6 Å². The van der Waals surface area contributed by atoms with E-state index < -0.39 is 32.3 Å². The summed E-state index contributed by atoms with van der Waals surface area (Å²) in [7, 11) is -2.85. The van der Waals surface area contributed by atoms with Crippen LogP contribution in [0.2, 0.25) is 0 Å². The molecule has 0 saturated heterocycles. The zero-order valence-corrected chi connectivity index (χ0v) is 20.1. The number of amides is 2. The van der Waals surface area contributed by atoms with Crippen molar-refractivity contribution in [1.29, 1.82) is 0 Å². The molecule has 1 aliphatic rings. The first-order valence-corrected chi connectivity index (χ1v) is 12.6. The van der Waals surface area contributed by atoms with Crippen LogP contribution in [0.15, 0.2) is 96.2 Å². The number of carbonyl (C=O) groups is 1. The van der Waals surface area contributed by atoms with E-state index in [-0.39, 0.29) is 5.92 Å². The fraction of sp³-hybridized carbons (Fsp3) is 0.154. The maximum atomic E-state index is 14.1. The number of rotatable bonds is 7. The predicted octanol–water partition coefficient (Wildman–Crippen LogP) is 4.09. The molecule has 36 heavy (non-hydrogen) atoms. The highest BCUT2D eigenvalue weighted by atomic mass is 32.2. The Kier molecular flexibility index (Phi) is 5.97. The molecule has 2 N–H and O–H groups in total. The van der Waals surface area contributed by atoms with E-state index in [4.69, 9.17) is 4.74 Å². The van der Waals surface area contributed by atoms with Crippen LogP contribution in [0.25, 0.3) is 5.69 Å². The van der Waals surface area contributed by atoms with Gasteiger partial charge in [-0.15, -0.1) is 0 Å². The molecule has 10 heteroatoms. The lowest BCUT2D eigenvalue weighted by atomic mass is 10.1. The summed E-state index contributed by atoms with van der Waals surface area (Å²) in [6, 6.07) is 20.8. The molecular weight excluding hydrogens is 483 g/mol. The summed E-state index contributed by atoms with van der Waals surface area (Å²) in [5, 5.41) is 2.84. The number of hydrogen-bond donors (Lipinski definition) is 2. The number of sulfonamides is 1. The van der Waals surface area contributed by atoms with Crippen molar-refractivity contribution in [2.24, 2.45) is 0 Å². The molecule has 3 aromatic carbocycles. The number of carbonyl (C=O) groups excluding carboxylic acids is 1. The fourth-order valence-electron chi connectivity index (χ4n) is 4.44. The van der Waals surface area contributed by atoms with Crippen LogP contribution in [0.1, 0.15) is 23.7 Å². The molecular formula is C26H23FN4O4S. The number of nitrogens with one attached hydrogen (secondary N) is 2. The van der Waals surface area contributed by atoms with Gasteiger partial charge in [-0.05, 0) is 48.4 Å². The zero-order chi connectivity index (χ0) is 25.3. The molecule has 2 amide bonds. The summed E-state index contributed by atoms with van der Waals surface area (Å²) in [6.45, 7) is 0. The molecule has 5 rings (SSSR count). The van der Waals surface area contributed by atoms with Gasteiger partial charge in [-0.25, -0.2) is 27.3 Å². The van der Waals surface area contributed by atoms with E-state index in [0.717, 1.165) is 23.4 Å². The number of benzene rings is 3. The SMILES string of the molecule is COc1ccc(-n2ccnc2[C@@]2(NC(=O)NS(=O)(=O)c3ccccc3F)C[C@@H]2c2ccccc2)cc1. The molecule has 1 aromatic heterocycles. The highest BCUT2D eigenvalue weighted by Gasteiger charge is 2.60. The third kappa shape index (κ3) is 4.31. The molecule has 8 nitrogen and oxygen atoms in total. The van der Waals surface area contributed by atoms with Gasteiger partial charge in [0.05, 0.1) is 7.11 Å². The van der Waals surface area contributed by atoms with Crippen LogP contribution in [0, 0.1) is 5.82 Å². The number of nitrogens with zero attached hydrogens (tertiary/aromatic N) is 2. The lowest BCUT2D eigenvalue weighted by molar-refractivity contribution is 0.239. The van der Waals surface area contributed by atoms with Gasteiger partial charge in [0, 0.05) is 24.0 Å². The van der Waals surface area contributed by atoms with E-state index >= 15 is 0 Å². The summed E-state index contributed by atoms with van der Waals surface area (Å²) >= 11 is 0. The number of halogens is 1. The van der Waals surface area contributed by atoms with Crippen molar-refractivity contribution in [2.75, 3.05) is 7.11 Å². The molecule has 0 bridgehead atoms. The van der Waals surface area contributed by atoms with Crippen LogP contribution < -0.4 is 14.8 Å². The highest BCUT2D eigenvalue weighted by molar-refractivity contribution is 7.90. The smallest absolute Gasteiger partial charge is 0.329 e. The number of urea groups is 1. The Balaban J connectivity index is 1.49. The molecule has 1 heterocycles. The number of imidazole rings is 1. The molecule has 0 aliphatic heterocycles. The highest BCUT2D eigenvalue weighted by Crippen LogP contribution is 2.58. The molecule has 1 aliphatic carbocycles. The molecule has 4 aromatic rings. The van der Waals surface area contributed by atoms with Crippen LogP contribution in [-0.4, -0.2) is 31.1 Å². The van der Waals surface area contributed by atoms with Crippen molar-refractivity contribution < 1.29 is 22.3 Å². The standard InChI is InChI=1S/C26H23FN4O4S/c1-35-20-13-11-19(12-14-20)31-16-15-28-24(31)26(17-21(26)18-7-3-2-4-8-18)29-25(32)30-36(33,34)23-10-6-5-9-22(23)27/h2-16,21H,17H2,1H3,(H2,29,30,32)/t21-,26-/m1/s1. The van der Waals surface area contributed by atoms with E-state index in [1.165, 1.54) is 12.1 Å². The predicted molar refractivity (Wildman–Crippen MR) is 131 cm³/mol. The number of aromatic nitrogens is 2. The minimum atomic E-state index is -4.43. The van der Waals surface area contributed by atoms with Crippen molar-refractivity contribution in [3.05, 3.63) is 108 Å². The van der Waals surface area contributed by atoms with Crippen molar-refractivity contribution in [3.8, 4) is 11.4 Å². The van der Waals surface area contributed by atoms with Gasteiger partial charge < -0.3 is 14.6 Å². The normalized spacial score (nSPS) is 18.9. The summed E-state index contributed by atoms with van der Waals surface area (Å²) in [6.07, 6.45) is 3.89. The van der Waals surface area contributed by atoms with E-state index in [1.807, 2.05) is 63.9 Å². The average molecular weight is 507 g/mol. The minimum absolute atomic E-state index is 0.153. The van der Waals surface area contributed by atoms with Gasteiger partial charge in [-0.2, -0.15) is 0 Å². The van der Waals surface area contributed by atoms with Crippen molar-refractivity contribution in [3.63, 3.8) is 0 Å².